The Bertz CT molecular complexity index is 940. The molecule has 1 heterocycles. The van der Waals surface area contributed by atoms with E-state index in [0.717, 1.165) is 23.4 Å². The fourth-order valence-electron chi connectivity index (χ4n) is 2.66. The van der Waals surface area contributed by atoms with Gasteiger partial charge in [0.25, 0.3) is 5.91 Å². The standard InChI is InChI=1S/C21H22N4O2S/c1-15-6-5-9-17(14-15)20(27)22-13-12-18(26)23-21-25-24-19(28-21)11-10-16-7-3-2-4-8-16/h2-9,14H,10-13H2,1H3,(H,22,27)(H,23,25,26). The number of amides is 2. The highest BCUT2D eigenvalue weighted by Gasteiger charge is 2.10. The normalized spacial score (nSPS) is 10.5. The van der Waals surface area contributed by atoms with Gasteiger partial charge in [0.05, 0.1) is 0 Å². The van der Waals surface area contributed by atoms with Gasteiger partial charge in [0.2, 0.25) is 11.0 Å². The van der Waals surface area contributed by atoms with Crippen LogP contribution in [0.2, 0.25) is 0 Å². The number of aromatic nitrogens is 2. The zero-order chi connectivity index (χ0) is 19.8. The molecule has 0 fully saturated rings. The molecule has 7 heteroatoms. The van der Waals surface area contributed by atoms with Gasteiger partial charge in [0, 0.05) is 24.9 Å². The van der Waals surface area contributed by atoms with Gasteiger partial charge in [-0.2, -0.15) is 0 Å². The molecule has 2 amide bonds. The highest BCUT2D eigenvalue weighted by molar-refractivity contribution is 7.15. The first-order chi connectivity index (χ1) is 13.6. The molecular formula is C21H22N4O2S. The molecule has 0 spiro atoms. The van der Waals surface area contributed by atoms with Crippen LogP contribution in [0.25, 0.3) is 0 Å². The van der Waals surface area contributed by atoms with E-state index in [9.17, 15) is 9.59 Å². The van der Waals surface area contributed by atoms with Crippen LogP contribution in [-0.2, 0) is 17.6 Å². The minimum absolute atomic E-state index is 0.177. The van der Waals surface area contributed by atoms with Crippen molar-refractivity contribution in [3.63, 3.8) is 0 Å². The molecule has 3 rings (SSSR count). The van der Waals surface area contributed by atoms with Crippen LogP contribution in [0.15, 0.2) is 54.6 Å². The molecular weight excluding hydrogens is 372 g/mol. The maximum Gasteiger partial charge on any atom is 0.251 e. The monoisotopic (exact) mass is 394 g/mol. The van der Waals surface area contributed by atoms with E-state index in [1.807, 2.05) is 43.3 Å². The quantitative estimate of drug-likeness (QED) is 0.613. The maximum absolute atomic E-state index is 12.1. The van der Waals surface area contributed by atoms with Gasteiger partial charge >= 0.3 is 0 Å². The lowest BCUT2D eigenvalue weighted by Gasteiger charge is -2.05. The lowest BCUT2D eigenvalue weighted by Crippen LogP contribution is -2.27. The summed E-state index contributed by atoms with van der Waals surface area (Å²) in [5.41, 5.74) is 2.85. The van der Waals surface area contributed by atoms with Crippen LogP contribution in [0.5, 0.6) is 0 Å². The van der Waals surface area contributed by atoms with E-state index in [2.05, 4.69) is 33.0 Å². The van der Waals surface area contributed by atoms with E-state index in [4.69, 9.17) is 0 Å². The van der Waals surface area contributed by atoms with E-state index in [1.165, 1.54) is 16.9 Å². The third-order valence-corrected chi connectivity index (χ3v) is 5.00. The maximum atomic E-state index is 12.1. The van der Waals surface area contributed by atoms with Crippen molar-refractivity contribution in [1.82, 2.24) is 15.5 Å². The number of hydrogen-bond acceptors (Lipinski definition) is 5. The van der Waals surface area contributed by atoms with Crippen LogP contribution in [0.3, 0.4) is 0 Å². The summed E-state index contributed by atoms with van der Waals surface area (Å²) in [6, 6.07) is 17.5. The highest BCUT2D eigenvalue weighted by Crippen LogP contribution is 2.17. The van der Waals surface area contributed by atoms with Crippen molar-refractivity contribution >= 4 is 28.3 Å². The molecule has 6 nitrogen and oxygen atoms in total. The third-order valence-electron chi connectivity index (χ3n) is 4.10. The molecule has 2 aromatic carbocycles. The molecule has 0 atom stereocenters. The molecule has 0 saturated heterocycles. The summed E-state index contributed by atoms with van der Waals surface area (Å²) in [4.78, 5) is 24.1. The number of benzene rings is 2. The van der Waals surface area contributed by atoms with E-state index in [-0.39, 0.29) is 24.8 Å². The van der Waals surface area contributed by atoms with Gasteiger partial charge < -0.3 is 10.6 Å². The summed E-state index contributed by atoms with van der Waals surface area (Å²) in [7, 11) is 0. The highest BCUT2D eigenvalue weighted by atomic mass is 32.1. The van der Waals surface area contributed by atoms with Gasteiger partial charge in [0.15, 0.2) is 0 Å². The molecule has 0 aliphatic rings. The minimum Gasteiger partial charge on any atom is -0.352 e. The smallest absolute Gasteiger partial charge is 0.251 e. The Hall–Kier alpha value is -3.06. The molecule has 0 unspecified atom stereocenters. The predicted molar refractivity (Wildman–Crippen MR) is 111 cm³/mol. The first-order valence-electron chi connectivity index (χ1n) is 9.11. The van der Waals surface area contributed by atoms with Crippen molar-refractivity contribution in [1.29, 1.82) is 0 Å². The molecule has 0 radical (unpaired) electrons. The Labute approximate surface area is 168 Å². The zero-order valence-electron chi connectivity index (χ0n) is 15.6. The average molecular weight is 395 g/mol. The third kappa shape index (κ3) is 5.99. The van der Waals surface area contributed by atoms with Gasteiger partial charge in [-0.1, -0.05) is 59.4 Å². The number of carbonyl (C=O) groups excluding carboxylic acids is 2. The van der Waals surface area contributed by atoms with Crippen LogP contribution in [-0.4, -0.2) is 28.6 Å². The zero-order valence-corrected chi connectivity index (χ0v) is 16.5. The van der Waals surface area contributed by atoms with Crippen molar-refractivity contribution < 1.29 is 9.59 Å². The van der Waals surface area contributed by atoms with Gasteiger partial charge in [-0.3, -0.25) is 9.59 Å². The van der Waals surface area contributed by atoms with Crippen LogP contribution >= 0.6 is 11.3 Å². The average Bonchev–Trinajstić information content (AvgIpc) is 3.14. The lowest BCUT2D eigenvalue weighted by molar-refractivity contribution is -0.116. The largest absolute Gasteiger partial charge is 0.352 e. The molecule has 28 heavy (non-hydrogen) atoms. The summed E-state index contributed by atoms with van der Waals surface area (Å²) < 4.78 is 0. The second kappa shape index (κ2) is 9.75. The molecule has 0 aliphatic heterocycles. The number of hydrogen-bond donors (Lipinski definition) is 2. The molecule has 1 aromatic heterocycles. The number of carbonyl (C=O) groups is 2. The van der Waals surface area contributed by atoms with Crippen molar-refractivity contribution in [2.24, 2.45) is 0 Å². The summed E-state index contributed by atoms with van der Waals surface area (Å²) in [6.45, 7) is 2.19. The molecule has 0 bridgehead atoms. The minimum atomic E-state index is -0.199. The fourth-order valence-corrected chi connectivity index (χ4v) is 3.42. The van der Waals surface area contributed by atoms with E-state index in [0.29, 0.717) is 10.7 Å². The number of rotatable bonds is 8. The second-order valence-corrected chi connectivity index (χ2v) is 7.47. The van der Waals surface area contributed by atoms with E-state index >= 15 is 0 Å². The van der Waals surface area contributed by atoms with Crippen molar-refractivity contribution in [2.45, 2.75) is 26.2 Å². The lowest BCUT2D eigenvalue weighted by atomic mass is 10.1. The van der Waals surface area contributed by atoms with Crippen molar-refractivity contribution in [2.75, 3.05) is 11.9 Å². The first kappa shape index (κ1) is 19.7. The van der Waals surface area contributed by atoms with Crippen LogP contribution in [0.1, 0.15) is 32.9 Å². The summed E-state index contributed by atoms with van der Waals surface area (Å²) in [5.74, 6) is -0.383. The molecule has 144 valence electrons. The van der Waals surface area contributed by atoms with Crippen LogP contribution < -0.4 is 10.6 Å². The topological polar surface area (TPSA) is 84.0 Å². The van der Waals surface area contributed by atoms with Gasteiger partial charge in [-0.15, -0.1) is 10.2 Å². The predicted octanol–water partition coefficient (Wildman–Crippen LogP) is 3.39. The Morgan fingerprint density at radius 3 is 2.61 bits per heavy atom. The number of aryl methyl sites for hydroxylation is 3. The van der Waals surface area contributed by atoms with Crippen LogP contribution in [0.4, 0.5) is 5.13 Å². The van der Waals surface area contributed by atoms with E-state index in [1.54, 1.807) is 6.07 Å². The molecule has 2 N–H and O–H groups in total. The Kier molecular flexibility index (Phi) is 6.86. The fraction of sp³-hybridized carbons (Fsp3) is 0.238. The summed E-state index contributed by atoms with van der Waals surface area (Å²) in [6.07, 6.45) is 1.84. The van der Waals surface area contributed by atoms with Crippen LogP contribution in [0, 0.1) is 6.92 Å². The number of nitrogens with one attached hydrogen (secondary N) is 2. The number of anilines is 1. The van der Waals surface area contributed by atoms with Gasteiger partial charge in [-0.25, -0.2) is 0 Å². The van der Waals surface area contributed by atoms with E-state index < -0.39 is 0 Å². The molecule has 3 aromatic rings. The summed E-state index contributed by atoms with van der Waals surface area (Å²) in [5, 5.41) is 15.0. The first-order valence-corrected chi connectivity index (χ1v) is 9.93. The van der Waals surface area contributed by atoms with Gasteiger partial charge in [-0.05, 0) is 31.0 Å². The Morgan fingerprint density at radius 1 is 1.00 bits per heavy atom. The summed E-state index contributed by atoms with van der Waals surface area (Å²) >= 11 is 1.38. The van der Waals surface area contributed by atoms with Gasteiger partial charge in [0.1, 0.15) is 5.01 Å². The Balaban J connectivity index is 1.40. The second-order valence-electron chi connectivity index (χ2n) is 6.41. The van der Waals surface area contributed by atoms with Crippen molar-refractivity contribution in [3.05, 3.63) is 76.3 Å². The number of nitrogens with zero attached hydrogens (tertiary/aromatic N) is 2. The Morgan fingerprint density at radius 2 is 1.82 bits per heavy atom. The van der Waals surface area contributed by atoms with Crippen molar-refractivity contribution in [3.8, 4) is 0 Å². The molecule has 0 saturated carbocycles. The SMILES string of the molecule is Cc1cccc(C(=O)NCCC(=O)Nc2nnc(CCc3ccccc3)s2)c1. The molecule has 0 aliphatic carbocycles.